The summed E-state index contributed by atoms with van der Waals surface area (Å²) >= 11 is 0. The van der Waals surface area contributed by atoms with Crippen molar-refractivity contribution in [3.05, 3.63) is 41.3 Å². The molecule has 0 amide bonds. The Labute approximate surface area is 100 Å². The molecule has 0 atom stereocenters. The van der Waals surface area contributed by atoms with Gasteiger partial charge in [0.05, 0.1) is 5.69 Å². The van der Waals surface area contributed by atoms with Gasteiger partial charge in [0.1, 0.15) is 5.82 Å². The number of hydrogen-bond acceptors (Lipinski definition) is 4. The second kappa shape index (κ2) is 4.41. The van der Waals surface area contributed by atoms with Crippen molar-refractivity contribution in [1.29, 1.82) is 0 Å². The number of aromatic nitrogens is 2. The van der Waals surface area contributed by atoms with Crippen molar-refractivity contribution < 1.29 is 4.74 Å². The molecule has 0 unspecified atom stereocenters. The number of benzene rings is 1. The van der Waals surface area contributed by atoms with Crippen LogP contribution in [-0.4, -0.2) is 9.97 Å². The molecule has 0 aliphatic carbocycles. The van der Waals surface area contributed by atoms with E-state index in [4.69, 9.17) is 10.5 Å². The molecule has 2 rings (SSSR count). The highest BCUT2D eigenvalue weighted by molar-refractivity contribution is 5.58. The molecule has 0 bridgehead atoms. The first-order valence-corrected chi connectivity index (χ1v) is 5.41. The Morgan fingerprint density at radius 1 is 1.12 bits per heavy atom. The average molecular weight is 229 g/mol. The summed E-state index contributed by atoms with van der Waals surface area (Å²) in [4.78, 5) is 8.40. The summed E-state index contributed by atoms with van der Waals surface area (Å²) in [7, 11) is 0. The van der Waals surface area contributed by atoms with Crippen molar-refractivity contribution in [1.82, 2.24) is 9.97 Å². The van der Waals surface area contributed by atoms with Crippen molar-refractivity contribution in [3.63, 3.8) is 0 Å². The maximum Gasteiger partial charge on any atom is 0.222 e. The summed E-state index contributed by atoms with van der Waals surface area (Å²) in [5.74, 6) is 1.83. The largest absolute Gasteiger partial charge is 0.437 e. The van der Waals surface area contributed by atoms with Gasteiger partial charge in [0.15, 0.2) is 5.75 Å². The topological polar surface area (TPSA) is 61.0 Å². The van der Waals surface area contributed by atoms with Crippen LogP contribution in [0.15, 0.2) is 24.3 Å². The smallest absolute Gasteiger partial charge is 0.222 e. The number of rotatable bonds is 2. The Kier molecular flexibility index (Phi) is 2.95. The van der Waals surface area contributed by atoms with Gasteiger partial charge in [-0.15, -0.1) is 0 Å². The minimum absolute atomic E-state index is 0.521. The number of aryl methyl sites for hydroxylation is 3. The van der Waals surface area contributed by atoms with E-state index in [1.54, 1.807) is 6.07 Å². The number of nitrogens with two attached hydrogens (primary N) is 1. The van der Waals surface area contributed by atoms with Gasteiger partial charge >= 0.3 is 0 Å². The van der Waals surface area contributed by atoms with E-state index in [1.807, 2.05) is 39.0 Å². The van der Waals surface area contributed by atoms with Crippen LogP contribution in [0.2, 0.25) is 0 Å². The standard InChI is InChI=1S/C13H15N3O/c1-8-5-4-6-11(13(8)14)17-12-7-9(2)15-10(3)16-12/h4-7H,14H2,1-3H3. The molecule has 88 valence electrons. The van der Waals surface area contributed by atoms with E-state index in [1.165, 1.54) is 0 Å². The van der Waals surface area contributed by atoms with Crippen LogP contribution in [0.1, 0.15) is 17.1 Å². The van der Waals surface area contributed by atoms with Crippen molar-refractivity contribution in [2.45, 2.75) is 20.8 Å². The summed E-state index contributed by atoms with van der Waals surface area (Å²) < 4.78 is 5.68. The van der Waals surface area contributed by atoms with Gasteiger partial charge in [-0.3, -0.25) is 0 Å². The van der Waals surface area contributed by atoms with Gasteiger partial charge in [0, 0.05) is 11.8 Å². The van der Waals surface area contributed by atoms with E-state index >= 15 is 0 Å². The van der Waals surface area contributed by atoms with Gasteiger partial charge in [-0.2, -0.15) is 4.98 Å². The molecule has 4 nitrogen and oxygen atoms in total. The van der Waals surface area contributed by atoms with Gasteiger partial charge in [-0.05, 0) is 32.4 Å². The Balaban J connectivity index is 2.34. The molecule has 0 aliphatic rings. The zero-order valence-corrected chi connectivity index (χ0v) is 10.2. The van der Waals surface area contributed by atoms with E-state index < -0.39 is 0 Å². The van der Waals surface area contributed by atoms with E-state index in [-0.39, 0.29) is 0 Å². The molecule has 1 aromatic heterocycles. The number of nitrogen functional groups attached to an aromatic ring is 1. The highest BCUT2D eigenvalue weighted by Gasteiger charge is 2.06. The quantitative estimate of drug-likeness (QED) is 0.804. The van der Waals surface area contributed by atoms with Gasteiger partial charge < -0.3 is 10.5 Å². The summed E-state index contributed by atoms with van der Waals surface area (Å²) in [6.45, 7) is 5.68. The van der Waals surface area contributed by atoms with Crippen LogP contribution in [0.5, 0.6) is 11.6 Å². The second-order valence-electron chi connectivity index (χ2n) is 3.98. The van der Waals surface area contributed by atoms with Gasteiger partial charge in [0.2, 0.25) is 5.88 Å². The van der Waals surface area contributed by atoms with Crippen LogP contribution in [0, 0.1) is 20.8 Å². The lowest BCUT2D eigenvalue weighted by Crippen LogP contribution is -1.98. The van der Waals surface area contributed by atoms with Crippen LogP contribution in [0.4, 0.5) is 5.69 Å². The number of hydrogen-bond donors (Lipinski definition) is 1. The first kappa shape index (κ1) is 11.4. The Bertz CT molecular complexity index is 532. The molecule has 1 aromatic carbocycles. The van der Waals surface area contributed by atoms with Crippen LogP contribution in [0.3, 0.4) is 0 Å². The lowest BCUT2D eigenvalue weighted by molar-refractivity contribution is 0.461. The van der Waals surface area contributed by atoms with E-state index in [9.17, 15) is 0 Å². The van der Waals surface area contributed by atoms with Crippen molar-refractivity contribution in [3.8, 4) is 11.6 Å². The van der Waals surface area contributed by atoms with Gasteiger partial charge in [-0.25, -0.2) is 4.98 Å². The third-order valence-electron chi connectivity index (χ3n) is 2.44. The fourth-order valence-corrected chi connectivity index (χ4v) is 1.59. The highest BCUT2D eigenvalue weighted by atomic mass is 16.5. The molecule has 2 aromatic rings. The SMILES string of the molecule is Cc1cc(Oc2cccc(C)c2N)nc(C)n1. The number of para-hydroxylation sites is 1. The van der Waals surface area contributed by atoms with Gasteiger partial charge in [0.25, 0.3) is 0 Å². The minimum Gasteiger partial charge on any atom is -0.437 e. The van der Waals surface area contributed by atoms with E-state index in [0.29, 0.717) is 23.1 Å². The lowest BCUT2D eigenvalue weighted by atomic mass is 10.2. The molecule has 0 aliphatic heterocycles. The molecule has 2 N–H and O–H groups in total. The molecule has 1 heterocycles. The fourth-order valence-electron chi connectivity index (χ4n) is 1.59. The molecule has 4 heteroatoms. The molecule has 17 heavy (non-hydrogen) atoms. The Morgan fingerprint density at radius 3 is 2.59 bits per heavy atom. The first-order valence-electron chi connectivity index (χ1n) is 5.41. The maximum absolute atomic E-state index is 5.94. The number of nitrogens with zero attached hydrogens (tertiary/aromatic N) is 2. The van der Waals surface area contributed by atoms with Crippen LogP contribution < -0.4 is 10.5 Å². The Hall–Kier alpha value is -2.10. The lowest BCUT2D eigenvalue weighted by Gasteiger charge is -2.10. The van der Waals surface area contributed by atoms with Gasteiger partial charge in [-0.1, -0.05) is 12.1 Å². The maximum atomic E-state index is 5.94. The summed E-state index contributed by atoms with van der Waals surface area (Å²) in [5, 5.41) is 0. The van der Waals surface area contributed by atoms with Crippen molar-refractivity contribution >= 4 is 5.69 Å². The molecule has 0 saturated heterocycles. The molecule has 0 radical (unpaired) electrons. The summed E-state index contributed by atoms with van der Waals surface area (Å²) in [5.41, 5.74) is 8.44. The summed E-state index contributed by atoms with van der Waals surface area (Å²) in [6.07, 6.45) is 0. The predicted octanol–water partition coefficient (Wildman–Crippen LogP) is 2.78. The van der Waals surface area contributed by atoms with Crippen LogP contribution in [-0.2, 0) is 0 Å². The van der Waals surface area contributed by atoms with Crippen molar-refractivity contribution in [2.75, 3.05) is 5.73 Å². The third kappa shape index (κ3) is 2.53. The van der Waals surface area contributed by atoms with Crippen LogP contribution in [0.25, 0.3) is 0 Å². The summed E-state index contributed by atoms with van der Waals surface area (Å²) in [6, 6.07) is 7.46. The minimum atomic E-state index is 0.521. The average Bonchev–Trinajstić information content (AvgIpc) is 2.23. The van der Waals surface area contributed by atoms with Crippen LogP contribution >= 0.6 is 0 Å². The fraction of sp³-hybridized carbons (Fsp3) is 0.231. The van der Waals surface area contributed by atoms with E-state index in [2.05, 4.69) is 9.97 Å². The Morgan fingerprint density at radius 2 is 1.88 bits per heavy atom. The highest BCUT2D eigenvalue weighted by Crippen LogP contribution is 2.28. The molecular weight excluding hydrogens is 214 g/mol. The zero-order valence-electron chi connectivity index (χ0n) is 10.2. The molecular formula is C13H15N3O. The normalized spacial score (nSPS) is 10.3. The third-order valence-corrected chi connectivity index (χ3v) is 2.44. The predicted molar refractivity (Wildman–Crippen MR) is 67.2 cm³/mol. The molecule has 0 saturated carbocycles. The zero-order chi connectivity index (χ0) is 12.4. The first-order chi connectivity index (χ1) is 8.06. The van der Waals surface area contributed by atoms with Crippen molar-refractivity contribution in [2.24, 2.45) is 0 Å². The number of ether oxygens (including phenoxy) is 1. The van der Waals surface area contributed by atoms with E-state index in [0.717, 1.165) is 11.3 Å². The molecule has 0 fully saturated rings. The second-order valence-corrected chi connectivity index (χ2v) is 3.98. The number of anilines is 1. The molecule has 0 spiro atoms. The monoisotopic (exact) mass is 229 g/mol.